The average Bonchev–Trinajstić information content (AvgIpc) is 2.94. The molecule has 6 heteroatoms. The van der Waals surface area contributed by atoms with Crippen LogP contribution in [0.5, 0.6) is 11.5 Å². The minimum Gasteiger partial charge on any atom is -0.497 e. The zero-order chi connectivity index (χ0) is 25.1. The van der Waals surface area contributed by atoms with Crippen LogP contribution in [0.25, 0.3) is 0 Å². The predicted octanol–water partition coefficient (Wildman–Crippen LogP) is 5.37. The van der Waals surface area contributed by atoms with Crippen molar-refractivity contribution in [3.63, 3.8) is 0 Å². The van der Waals surface area contributed by atoms with Gasteiger partial charge in [-0.05, 0) is 59.7 Å². The van der Waals surface area contributed by atoms with Crippen LogP contribution in [0.1, 0.15) is 43.7 Å². The molecule has 4 atom stereocenters. The van der Waals surface area contributed by atoms with Crippen LogP contribution in [0.4, 0.5) is 0 Å². The Morgan fingerprint density at radius 3 is 1.19 bits per heavy atom. The van der Waals surface area contributed by atoms with Crippen LogP contribution < -0.4 is 9.47 Å². The highest BCUT2D eigenvalue weighted by molar-refractivity contribution is 6.07. The molecule has 180 valence electrons. The van der Waals surface area contributed by atoms with Crippen LogP contribution in [0.3, 0.4) is 0 Å². The fraction of sp³-hybridized carbons (Fsp3) is 0.200. The van der Waals surface area contributed by atoms with E-state index >= 15 is 0 Å². The van der Waals surface area contributed by atoms with Crippen molar-refractivity contribution in [2.24, 2.45) is 11.8 Å². The van der Waals surface area contributed by atoms with Crippen LogP contribution in [0, 0.1) is 11.8 Å². The molecule has 1 fully saturated rings. The summed E-state index contributed by atoms with van der Waals surface area (Å²) in [6.45, 7) is 0. The van der Waals surface area contributed by atoms with Gasteiger partial charge in [-0.15, -0.1) is 0 Å². The maximum Gasteiger partial charge on any atom is 0.167 e. The highest BCUT2D eigenvalue weighted by Gasteiger charge is 2.57. The molecular weight excluding hydrogens is 452 g/mol. The number of hydrogen-bond donors (Lipinski definition) is 0. The lowest BCUT2D eigenvalue weighted by atomic mass is 9.49. The van der Waals surface area contributed by atoms with E-state index in [0.29, 0.717) is 11.1 Å². The normalized spacial score (nSPS) is 20.7. The molecular formula is C30H26N2O4. The number of ether oxygens (including phenoxy) is 2. The van der Waals surface area contributed by atoms with Crippen molar-refractivity contribution >= 4 is 11.6 Å². The van der Waals surface area contributed by atoms with Crippen molar-refractivity contribution in [2.45, 2.75) is 11.8 Å². The van der Waals surface area contributed by atoms with Crippen molar-refractivity contribution in [3.8, 4) is 11.5 Å². The number of ketones is 2. The SMILES string of the molecule is COc1ccc([C@@H]2[C@@H](C(=O)c3ccncc3)[C@@H](C(=O)c3ccncc3)[C@@H]2c2ccc(OC)cc2)cc1. The predicted molar refractivity (Wildman–Crippen MR) is 136 cm³/mol. The maximum atomic E-state index is 13.9. The van der Waals surface area contributed by atoms with Gasteiger partial charge in [-0.25, -0.2) is 0 Å². The van der Waals surface area contributed by atoms with Gasteiger partial charge >= 0.3 is 0 Å². The van der Waals surface area contributed by atoms with Crippen LogP contribution in [-0.2, 0) is 0 Å². The molecule has 4 aromatic rings. The van der Waals surface area contributed by atoms with Crippen LogP contribution in [0.2, 0.25) is 0 Å². The molecule has 6 nitrogen and oxygen atoms in total. The van der Waals surface area contributed by atoms with Crippen LogP contribution >= 0.6 is 0 Å². The second-order valence-corrected chi connectivity index (χ2v) is 8.85. The number of benzene rings is 2. The molecule has 2 aromatic carbocycles. The topological polar surface area (TPSA) is 78.4 Å². The number of Topliss-reactive ketones (excluding diaryl/α,β-unsaturated/α-hetero) is 2. The first-order valence-corrected chi connectivity index (χ1v) is 11.8. The molecule has 2 heterocycles. The van der Waals surface area contributed by atoms with Crippen molar-refractivity contribution in [1.29, 1.82) is 0 Å². The summed E-state index contributed by atoms with van der Waals surface area (Å²) in [5.41, 5.74) is 3.08. The van der Waals surface area contributed by atoms with E-state index in [1.54, 1.807) is 63.3 Å². The number of hydrogen-bond acceptors (Lipinski definition) is 6. The minimum absolute atomic E-state index is 0.0598. The zero-order valence-corrected chi connectivity index (χ0v) is 20.1. The van der Waals surface area contributed by atoms with E-state index < -0.39 is 11.8 Å². The Morgan fingerprint density at radius 1 is 0.556 bits per heavy atom. The first-order chi connectivity index (χ1) is 17.6. The van der Waals surface area contributed by atoms with Gasteiger partial charge in [0.15, 0.2) is 11.6 Å². The molecule has 0 N–H and O–H groups in total. The number of rotatable bonds is 8. The second kappa shape index (κ2) is 10.1. The van der Waals surface area contributed by atoms with Gasteiger partial charge in [-0.2, -0.15) is 0 Å². The van der Waals surface area contributed by atoms with E-state index in [1.165, 1.54) is 0 Å². The Bertz CT molecular complexity index is 1230. The number of carbonyl (C=O) groups is 2. The summed E-state index contributed by atoms with van der Waals surface area (Å²) < 4.78 is 10.7. The lowest BCUT2D eigenvalue weighted by molar-refractivity contribution is 0.0456. The molecule has 0 radical (unpaired) electrons. The summed E-state index contributed by atoms with van der Waals surface area (Å²) in [7, 11) is 3.25. The average molecular weight is 479 g/mol. The van der Waals surface area contributed by atoms with Gasteiger partial charge in [0.05, 0.1) is 14.2 Å². The van der Waals surface area contributed by atoms with Gasteiger partial charge < -0.3 is 9.47 Å². The number of nitrogens with zero attached hydrogens (tertiary/aromatic N) is 2. The van der Waals surface area contributed by atoms with Crippen molar-refractivity contribution in [3.05, 3.63) is 120 Å². The molecule has 5 rings (SSSR count). The summed E-state index contributed by atoms with van der Waals surface area (Å²) >= 11 is 0. The molecule has 0 saturated heterocycles. The molecule has 0 spiro atoms. The zero-order valence-electron chi connectivity index (χ0n) is 20.1. The number of aromatic nitrogens is 2. The largest absolute Gasteiger partial charge is 0.497 e. The maximum absolute atomic E-state index is 13.9. The first-order valence-electron chi connectivity index (χ1n) is 11.8. The molecule has 36 heavy (non-hydrogen) atoms. The Balaban J connectivity index is 1.64. The van der Waals surface area contributed by atoms with Crippen LogP contribution in [0.15, 0.2) is 97.6 Å². The fourth-order valence-corrected chi connectivity index (χ4v) is 5.30. The van der Waals surface area contributed by atoms with E-state index in [4.69, 9.17) is 9.47 Å². The highest BCUT2D eigenvalue weighted by Crippen LogP contribution is 2.59. The lowest BCUT2D eigenvalue weighted by Gasteiger charge is -2.51. The number of pyridine rings is 2. The number of carbonyl (C=O) groups excluding carboxylic acids is 2. The Kier molecular flexibility index (Phi) is 6.58. The summed E-state index contributed by atoms with van der Waals surface area (Å²) in [6, 6.07) is 22.4. The molecule has 0 aliphatic heterocycles. The fourth-order valence-electron chi connectivity index (χ4n) is 5.30. The highest BCUT2D eigenvalue weighted by atomic mass is 16.5. The molecule has 1 saturated carbocycles. The van der Waals surface area contributed by atoms with Gasteiger partial charge in [-0.3, -0.25) is 19.6 Å². The third-order valence-corrected chi connectivity index (χ3v) is 7.08. The van der Waals surface area contributed by atoms with E-state index in [1.807, 2.05) is 48.5 Å². The van der Waals surface area contributed by atoms with Gasteiger partial charge in [0.2, 0.25) is 0 Å². The molecule has 1 aliphatic carbocycles. The van der Waals surface area contributed by atoms with Gasteiger partial charge in [0, 0.05) is 59.6 Å². The third-order valence-electron chi connectivity index (χ3n) is 7.08. The van der Waals surface area contributed by atoms with E-state index in [2.05, 4.69) is 9.97 Å². The molecule has 2 aromatic heterocycles. The van der Waals surface area contributed by atoms with E-state index in [9.17, 15) is 9.59 Å². The Morgan fingerprint density at radius 2 is 0.889 bits per heavy atom. The molecule has 0 bridgehead atoms. The van der Waals surface area contributed by atoms with E-state index in [-0.39, 0.29) is 23.4 Å². The molecule has 0 amide bonds. The van der Waals surface area contributed by atoms with Crippen LogP contribution in [-0.4, -0.2) is 35.8 Å². The van der Waals surface area contributed by atoms with Crippen molar-refractivity contribution in [1.82, 2.24) is 9.97 Å². The Labute approximate surface area is 210 Å². The van der Waals surface area contributed by atoms with E-state index in [0.717, 1.165) is 22.6 Å². The summed E-state index contributed by atoms with van der Waals surface area (Å²) in [6.07, 6.45) is 6.42. The second-order valence-electron chi connectivity index (χ2n) is 8.85. The number of methoxy groups -OCH3 is 2. The standard InChI is InChI=1S/C30H26N2O4/c1-35-23-7-3-19(4-8-23)25-26(20-5-9-24(36-2)10-6-20)28(30(34)22-13-17-32-18-14-22)27(25)29(33)21-11-15-31-16-12-21/h3-18,25-28H,1-2H3/t25-,26+,27+,28-. The third kappa shape index (κ3) is 4.26. The minimum atomic E-state index is -0.534. The first kappa shape index (κ1) is 23.4. The summed E-state index contributed by atoms with van der Waals surface area (Å²) in [4.78, 5) is 36.0. The van der Waals surface area contributed by atoms with Gasteiger partial charge in [0.25, 0.3) is 0 Å². The Hall–Kier alpha value is -4.32. The van der Waals surface area contributed by atoms with Crippen molar-refractivity contribution < 1.29 is 19.1 Å². The van der Waals surface area contributed by atoms with Gasteiger partial charge in [0.1, 0.15) is 11.5 Å². The lowest BCUT2D eigenvalue weighted by Crippen LogP contribution is -2.51. The summed E-state index contributed by atoms with van der Waals surface area (Å²) in [5.74, 6) is -0.101. The van der Waals surface area contributed by atoms with Crippen molar-refractivity contribution in [2.75, 3.05) is 14.2 Å². The monoisotopic (exact) mass is 478 g/mol. The summed E-state index contributed by atoms with van der Waals surface area (Å²) in [5, 5.41) is 0. The quantitative estimate of drug-likeness (QED) is 0.317. The molecule has 0 unspecified atom stereocenters. The smallest absolute Gasteiger partial charge is 0.167 e. The van der Waals surface area contributed by atoms with Gasteiger partial charge in [-0.1, -0.05) is 24.3 Å². The molecule has 1 aliphatic rings.